The lowest BCUT2D eigenvalue weighted by Crippen LogP contribution is -2.55. The lowest BCUT2D eigenvalue weighted by molar-refractivity contribution is -0.145. The van der Waals surface area contributed by atoms with Gasteiger partial charge in [0.25, 0.3) is 5.91 Å². The van der Waals surface area contributed by atoms with Crippen molar-refractivity contribution in [3.8, 4) is 0 Å². The van der Waals surface area contributed by atoms with Crippen molar-refractivity contribution >= 4 is 11.9 Å². The van der Waals surface area contributed by atoms with Crippen LogP contribution < -0.4 is 5.32 Å². The van der Waals surface area contributed by atoms with Gasteiger partial charge < -0.3 is 19.6 Å². The highest BCUT2D eigenvalue weighted by atomic mass is 16.5. The SMILES string of the molecule is CCc1ocnc1C(=O)NC(C)(COC)C(=O)O. The number of amides is 1. The van der Waals surface area contributed by atoms with E-state index in [2.05, 4.69) is 10.3 Å². The van der Waals surface area contributed by atoms with Crippen LogP contribution in [0.4, 0.5) is 0 Å². The topological polar surface area (TPSA) is 102 Å². The zero-order chi connectivity index (χ0) is 13.8. The molecule has 1 atom stereocenters. The predicted octanol–water partition coefficient (Wildman–Crippen LogP) is 0.457. The molecule has 1 unspecified atom stereocenters. The summed E-state index contributed by atoms with van der Waals surface area (Å²) in [5.74, 6) is -1.36. The van der Waals surface area contributed by atoms with Gasteiger partial charge in [0.15, 0.2) is 17.6 Å². The van der Waals surface area contributed by atoms with Gasteiger partial charge >= 0.3 is 5.97 Å². The summed E-state index contributed by atoms with van der Waals surface area (Å²) < 4.78 is 9.82. The Kier molecular flexibility index (Phi) is 4.43. The number of aromatic nitrogens is 1. The van der Waals surface area contributed by atoms with Gasteiger partial charge in [-0.15, -0.1) is 0 Å². The molecule has 7 heteroatoms. The Morgan fingerprint density at radius 3 is 2.78 bits per heavy atom. The monoisotopic (exact) mass is 256 g/mol. The number of ether oxygens (including phenoxy) is 1. The molecule has 0 aliphatic heterocycles. The lowest BCUT2D eigenvalue weighted by atomic mass is 10.0. The highest BCUT2D eigenvalue weighted by Crippen LogP contribution is 2.11. The van der Waals surface area contributed by atoms with Crippen LogP contribution in [0.25, 0.3) is 0 Å². The van der Waals surface area contributed by atoms with E-state index in [9.17, 15) is 9.59 Å². The number of methoxy groups -OCH3 is 1. The second-order valence-electron chi connectivity index (χ2n) is 4.00. The largest absolute Gasteiger partial charge is 0.479 e. The van der Waals surface area contributed by atoms with Crippen LogP contribution in [0.5, 0.6) is 0 Å². The van der Waals surface area contributed by atoms with E-state index in [1.54, 1.807) is 0 Å². The molecule has 1 amide bonds. The molecule has 0 bridgehead atoms. The van der Waals surface area contributed by atoms with Crippen molar-refractivity contribution in [3.05, 3.63) is 17.8 Å². The number of carbonyl (C=O) groups is 2. The second kappa shape index (κ2) is 5.63. The number of aliphatic carboxylic acids is 1. The fourth-order valence-corrected chi connectivity index (χ4v) is 1.46. The van der Waals surface area contributed by atoms with E-state index in [0.29, 0.717) is 12.2 Å². The first-order chi connectivity index (χ1) is 8.44. The van der Waals surface area contributed by atoms with Crippen molar-refractivity contribution < 1.29 is 23.8 Å². The van der Waals surface area contributed by atoms with Crippen LogP contribution in [0.3, 0.4) is 0 Å². The summed E-state index contributed by atoms with van der Waals surface area (Å²) in [5.41, 5.74) is -1.41. The molecule has 0 aliphatic rings. The summed E-state index contributed by atoms with van der Waals surface area (Å²) in [6.45, 7) is 3.03. The maximum atomic E-state index is 11.9. The first kappa shape index (κ1) is 14.2. The van der Waals surface area contributed by atoms with Gasteiger partial charge in [-0.05, 0) is 6.92 Å². The molecule has 1 aromatic rings. The fraction of sp³-hybridized carbons (Fsp3) is 0.545. The van der Waals surface area contributed by atoms with Crippen LogP contribution in [-0.4, -0.2) is 41.2 Å². The number of hydrogen-bond donors (Lipinski definition) is 2. The number of aryl methyl sites for hydroxylation is 1. The summed E-state index contributed by atoms with van der Waals surface area (Å²) in [7, 11) is 1.36. The second-order valence-corrected chi connectivity index (χ2v) is 4.00. The Morgan fingerprint density at radius 1 is 1.61 bits per heavy atom. The number of nitrogens with one attached hydrogen (secondary N) is 1. The minimum atomic E-state index is -1.50. The van der Waals surface area contributed by atoms with Crippen LogP contribution >= 0.6 is 0 Å². The molecule has 0 aromatic carbocycles. The number of rotatable bonds is 6. The highest BCUT2D eigenvalue weighted by molar-refractivity contribution is 5.97. The Balaban J connectivity index is 2.89. The third kappa shape index (κ3) is 2.86. The van der Waals surface area contributed by atoms with Gasteiger partial charge in [-0.2, -0.15) is 0 Å². The van der Waals surface area contributed by atoms with Crippen LogP contribution in [0.1, 0.15) is 30.1 Å². The number of oxazole rings is 1. The standard InChI is InChI=1S/C11H16N2O5/c1-4-7-8(12-6-18-7)9(14)13-11(2,5-17-3)10(15)16/h6H,4-5H2,1-3H3,(H,13,14)(H,15,16). The Morgan fingerprint density at radius 2 is 2.28 bits per heavy atom. The number of nitrogens with zero attached hydrogens (tertiary/aromatic N) is 1. The summed E-state index contributed by atoms with van der Waals surface area (Å²) >= 11 is 0. The summed E-state index contributed by atoms with van der Waals surface area (Å²) in [6.07, 6.45) is 1.65. The normalized spacial score (nSPS) is 13.9. The molecule has 18 heavy (non-hydrogen) atoms. The third-order valence-corrected chi connectivity index (χ3v) is 2.47. The summed E-state index contributed by atoms with van der Waals surface area (Å²) in [5, 5.41) is 11.5. The maximum Gasteiger partial charge on any atom is 0.331 e. The fourth-order valence-electron chi connectivity index (χ4n) is 1.46. The maximum absolute atomic E-state index is 11.9. The number of carbonyl (C=O) groups excluding carboxylic acids is 1. The molecule has 0 fully saturated rings. The van der Waals surface area contributed by atoms with Crippen molar-refractivity contribution in [2.45, 2.75) is 25.8 Å². The van der Waals surface area contributed by atoms with E-state index in [1.807, 2.05) is 6.92 Å². The number of hydrogen-bond acceptors (Lipinski definition) is 5. The molecular weight excluding hydrogens is 240 g/mol. The molecule has 0 saturated carbocycles. The molecule has 2 N–H and O–H groups in total. The molecule has 100 valence electrons. The zero-order valence-corrected chi connectivity index (χ0v) is 10.5. The number of carboxylic acids is 1. The molecule has 0 spiro atoms. The minimum Gasteiger partial charge on any atom is -0.479 e. The summed E-state index contributed by atoms with van der Waals surface area (Å²) in [4.78, 5) is 26.8. The van der Waals surface area contributed by atoms with Gasteiger partial charge in [-0.25, -0.2) is 9.78 Å². The molecule has 1 heterocycles. The van der Waals surface area contributed by atoms with E-state index in [1.165, 1.54) is 14.0 Å². The van der Waals surface area contributed by atoms with E-state index >= 15 is 0 Å². The molecular formula is C11H16N2O5. The molecule has 1 aromatic heterocycles. The van der Waals surface area contributed by atoms with Crippen LogP contribution in [-0.2, 0) is 16.0 Å². The van der Waals surface area contributed by atoms with Gasteiger partial charge in [-0.1, -0.05) is 6.92 Å². The van der Waals surface area contributed by atoms with E-state index < -0.39 is 17.4 Å². The molecule has 1 rings (SSSR count). The van der Waals surface area contributed by atoms with E-state index in [0.717, 1.165) is 6.39 Å². The van der Waals surface area contributed by atoms with Crippen LogP contribution in [0.15, 0.2) is 10.8 Å². The van der Waals surface area contributed by atoms with E-state index in [4.69, 9.17) is 14.3 Å². The number of carboxylic acid groups (broad SMARTS) is 1. The quantitative estimate of drug-likeness (QED) is 0.766. The predicted molar refractivity (Wildman–Crippen MR) is 61.3 cm³/mol. The average molecular weight is 256 g/mol. The molecule has 0 saturated heterocycles. The Bertz CT molecular complexity index is 442. The van der Waals surface area contributed by atoms with Gasteiger partial charge in [0.1, 0.15) is 5.76 Å². The van der Waals surface area contributed by atoms with Crippen molar-refractivity contribution in [1.29, 1.82) is 0 Å². The van der Waals surface area contributed by atoms with Crippen LogP contribution in [0, 0.1) is 0 Å². The van der Waals surface area contributed by atoms with Crippen molar-refractivity contribution in [2.24, 2.45) is 0 Å². The van der Waals surface area contributed by atoms with Gasteiger partial charge in [0.05, 0.1) is 6.61 Å². The Labute approximate surface area is 104 Å². The molecule has 7 nitrogen and oxygen atoms in total. The van der Waals surface area contributed by atoms with Gasteiger partial charge in [0.2, 0.25) is 0 Å². The van der Waals surface area contributed by atoms with Crippen molar-refractivity contribution in [1.82, 2.24) is 10.3 Å². The summed E-state index contributed by atoms with van der Waals surface area (Å²) in [6, 6.07) is 0. The molecule has 0 aliphatic carbocycles. The van der Waals surface area contributed by atoms with Gasteiger partial charge in [0, 0.05) is 13.5 Å². The van der Waals surface area contributed by atoms with Crippen molar-refractivity contribution in [3.63, 3.8) is 0 Å². The highest BCUT2D eigenvalue weighted by Gasteiger charge is 2.36. The smallest absolute Gasteiger partial charge is 0.331 e. The first-order valence-electron chi connectivity index (χ1n) is 5.41. The zero-order valence-electron chi connectivity index (χ0n) is 10.5. The third-order valence-electron chi connectivity index (χ3n) is 2.47. The van der Waals surface area contributed by atoms with Crippen molar-refractivity contribution in [2.75, 3.05) is 13.7 Å². The minimum absolute atomic E-state index is 0.0982. The average Bonchev–Trinajstić information content (AvgIpc) is 2.76. The lowest BCUT2D eigenvalue weighted by Gasteiger charge is -2.24. The van der Waals surface area contributed by atoms with Crippen LogP contribution in [0.2, 0.25) is 0 Å². The van der Waals surface area contributed by atoms with Gasteiger partial charge in [-0.3, -0.25) is 4.79 Å². The molecule has 0 radical (unpaired) electrons. The van der Waals surface area contributed by atoms with E-state index in [-0.39, 0.29) is 12.3 Å². The Hall–Kier alpha value is -1.89. The first-order valence-corrected chi connectivity index (χ1v) is 5.41.